The number of aryl methyl sites for hydroxylation is 1. The SMILES string of the molecule is CCc1cc(Sc2ccc(Cl)cc2)ccc1C(=O)OC. The van der Waals surface area contributed by atoms with Crippen molar-refractivity contribution >= 4 is 29.3 Å². The maximum absolute atomic E-state index is 11.7. The highest BCUT2D eigenvalue weighted by atomic mass is 35.5. The molecule has 0 radical (unpaired) electrons. The number of esters is 1. The summed E-state index contributed by atoms with van der Waals surface area (Å²) < 4.78 is 4.79. The predicted octanol–water partition coefficient (Wildman–Crippen LogP) is 4.84. The Morgan fingerprint density at radius 3 is 2.40 bits per heavy atom. The minimum absolute atomic E-state index is 0.287. The van der Waals surface area contributed by atoms with Crippen molar-refractivity contribution in [3.05, 3.63) is 58.6 Å². The first-order chi connectivity index (χ1) is 9.63. The van der Waals surface area contributed by atoms with Crippen LogP contribution in [0.5, 0.6) is 0 Å². The molecule has 0 N–H and O–H groups in total. The molecule has 0 amide bonds. The molecule has 2 nitrogen and oxygen atoms in total. The molecular formula is C16H15ClO2S. The molecule has 0 spiro atoms. The fraction of sp³-hybridized carbons (Fsp3) is 0.188. The molecular weight excluding hydrogens is 292 g/mol. The molecule has 104 valence electrons. The lowest BCUT2D eigenvalue weighted by molar-refractivity contribution is 0.0599. The van der Waals surface area contributed by atoms with E-state index in [9.17, 15) is 4.79 Å². The Bertz CT molecular complexity index is 608. The van der Waals surface area contributed by atoms with Crippen LogP contribution in [-0.4, -0.2) is 13.1 Å². The zero-order chi connectivity index (χ0) is 14.5. The van der Waals surface area contributed by atoms with Crippen molar-refractivity contribution in [2.24, 2.45) is 0 Å². The van der Waals surface area contributed by atoms with E-state index in [-0.39, 0.29) is 5.97 Å². The Hall–Kier alpha value is -1.45. The monoisotopic (exact) mass is 306 g/mol. The summed E-state index contributed by atoms with van der Waals surface area (Å²) in [5.74, 6) is -0.287. The highest BCUT2D eigenvalue weighted by Gasteiger charge is 2.11. The Morgan fingerprint density at radius 2 is 1.80 bits per heavy atom. The second kappa shape index (κ2) is 6.82. The Labute approximate surface area is 128 Å². The van der Waals surface area contributed by atoms with E-state index in [2.05, 4.69) is 0 Å². The Kier molecular flexibility index (Phi) is 5.10. The van der Waals surface area contributed by atoms with E-state index < -0.39 is 0 Å². The lowest BCUT2D eigenvalue weighted by atomic mass is 10.1. The molecule has 0 aliphatic heterocycles. The van der Waals surface area contributed by atoms with Crippen LogP contribution in [0.1, 0.15) is 22.8 Å². The van der Waals surface area contributed by atoms with Crippen LogP contribution in [0, 0.1) is 0 Å². The molecule has 2 aromatic carbocycles. The summed E-state index contributed by atoms with van der Waals surface area (Å²) in [7, 11) is 1.40. The summed E-state index contributed by atoms with van der Waals surface area (Å²) >= 11 is 7.52. The third-order valence-electron chi connectivity index (χ3n) is 2.91. The summed E-state index contributed by atoms with van der Waals surface area (Å²) in [5, 5.41) is 0.727. The van der Waals surface area contributed by atoms with Gasteiger partial charge >= 0.3 is 5.97 Å². The fourth-order valence-corrected chi connectivity index (χ4v) is 2.88. The summed E-state index contributed by atoms with van der Waals surface area (Å²) in [4.78, 5) is 13.9. The van der Waals surface area contributed by atoms with Crippen LogP contribution in [-0.2, 0) is 11.2 Å². The van der Waals surface area contributed by atoms with Gasteiger partial charge in [-0.05, 0) is 54.4 Å². The number of hydrogen-bond acceptors (Lipinski definition) is 3. The van der Waals surface area contributed by atoms with Gasteiger partial charge in [0.1, 0.15) is 0 Å². The molecule has 0 unspecified atom stereocenters. The van der Waals surface area contributed by atoms with Crippen LogP contribution in [0.2, 0.25) is 5.02 Å². The van der Waals surface area contributed by atoms with Crippen LogP contribution in [0.4, 0.5) is 0 Å². The summed E-state index contributed by atoms with van der Waals surface area (Å²) in [6, 6.07) is 13.5. The fourth-order valence-electron chi connectivity index (χ4n) is 1.87. The number of carbonyl (C=O) groups is 1. The quantitative estimate of drug-likeness (QED) is 0.756. The van der Waals surface area contributed by atoms with Crippen molar-refractivity contribution in [3.63, 3.8) is 0 Å². The minimum atomic E-state index is -0.287. The lowest BCUT2D eigenvalue weighted by Gasteiger charge is -2.09. The average molecular weight is 307 g/mol. The number of benzene rings is 2. The average Bonchev–Trinajstić information content (AvgIpc) is 2.48. The van der Waals surface area contributed by atoms with Gasteiger partial charge in [-0.3, -0.25) is 0 Å². The van der Waals surface area contributed by atoms with Gasteiger partial charge in [0.05, 0.1) is 12.7 Å². The van der Waals surface area contributed by atoms with Crippen molar-refractivity contribution in [1.29, 1.82) is 0 Å². The van der Waals surface area contributed by atoms with Gasteiger partial charge in [0.2, 0.25) is 0 Å². The van der Waals surface area contributed by atoms with Gasteiger partial charge in [-0.1, -0.05) is 30.3 Å². The topological polar surface area (TPSA) is 26.3 Å². The maximum atomic E-state index is 11.7. The van der Waals surface area contributed by atoms with Crippen molar-refractivity contribution in [3.8, 4) is 0 Å². The molecule has 0 saturated heterocycles. The Balaban J connectivity index is 2.25. The van der Waals surface area contributed by atoms with Crippen LogP contribution in [0.25, 0.3) is 0 Å². The molecule has 2 aromatic rings. The molecule has 4 heteroatoms. The third kappa shape index (κ3) is 3.56. The highest BCUT2D eigenvalue weighted by molar-refractivity contribution is 7.99. The van der Waals surface area contributed by atoms with Crippen LogP contribution in [0.3, 0.4) is 0 Å². The number of methoxy groups -OCH3 is 1. The summed E-state index contributed by atoms with van der Waals surface area (Å²) in [6.07, 6.45) is 0.791. The van der Waals surface area contributed by atoms with Gasteiger partial charge in [0.15, 0.2) is 0 Å². The lowest BCUT2D eigenvalue weighted by Crippen LogP contribution is -2.05. The zero-order valence-electron chi connectivity index (χ0n) is 11.4. The van der Waals surface area contributed by atoms with Gasteiger partial charge in [-0.25, -0.2) is 4.79 Å². The molecule has 0 aliphatic rings. The number of rotatable bonds is 4. The van der Waals surface area contributed by atoms with E-state index >= 15 is 0 Å². The normalized spacial score (nSPS) is 10.3. The molecule has 0 heterocycles. The van der Waals surface area contributed by atoms with Gasteiger partial charge in [0.25, 0.3) is 0 Å². The van der Waals surface area contributed by atoms with E-state index in [4.69, 9.17) is 16.3 Å². The van der Waals surface area contributed by atoms with E-state index in [1.807, 2.05) is 49.4 Å². The van der Waals surface area contributed by atoms with Gasteiger partial charge in [-0.15, -0.1) is 0 Å². The molecule has 0 saturated carbocycles. The number of hydrogen-bond donors (Lipinski definition) is 0. The van der Waals surface area contributed by atoms with Crippen molar-refractivity contribution in [2.75, 3.05) is 7.11 Å². The number of carbonyl (C=O) groups excluding carboxylic acids is 1. The molecule has 2 rings (SSSR count). The maximum Gasteiger partial charge on any atom is 0.338 e. The zero-order valence-corrected chi connectivity index (χ0v) is 12.9. The summed E-state index contributed by atoms with van der Waals surface area (Å²) in [5.41, 5.74) is 1.63. The number of ether oxygens (including phenoxy) is 1. The van der Waals surface area contributed by atoms with E-state index in [0.29, 0.717) is 5.56 Å². The van der Waals surface area contributed by atoms with E-state index in [0.717, 1.165) is 26.8 Å². The first kappa shape index (κ1) is 14.9. The second-order valence-electron chi connectivity index (χ2n) is 4.22. The molecule has 0 aromatic heterocycles. The summed E-state index contributed by atoms with van der Waals surface area (Å²) in [6.45, 7) is 2.03. The molecule has 0 fully saturated rings. The Morgan fingerprint density at radius 1 is 1.15 bits per heavy atom. The molecule has 20 heavy (non-hydrogen) atoms. The van der Waals surface area contributed by atoms with Crippen LogP contribution >= 0.6 is 23.4 Å². The van der Waals surface area contributed by atoms with Crippen molar-refractivity contribution < 1.29 is 9.53 Å². The molecule has 0 bridgehead atoms. The van der Waals surface area contributed by atoms with Crippen LogP contribution < -0.4 is 0 Å². The third-order valence-corrected chi connectivity index (χ3v) is 4.16. The minimum Gasteiger partial charge on any atom is -0.465 e. The number of halogens is 1. The molecule has 0 atom stereocenters. The van der Waals surface area contributed by atoms with Crippen LogP contribution in [0.15, 0.2) is 52.3 Å². The predicted molar refractivity (Wildman–Crippen MR) is 82.7 cm³/mol. The smallest absolute Gasteiger partial charge is 0.338 e. The van der Waals surface area contributed by atoms with Gasteiger partial charge < -0.3 is 4.74 Å². The van der Waals surface area contributed by atoms with Crippen molar-refractivity contribution in [1.82, 2.24) is 0 Å². The second-order valence-corrected chi connectivity index (χ2v) is 5.80. The first-order valence-electron chi connectivity index (χ1n) is 6.28. The molecule has 0 aliphatic carbocycles. The standard InChI is InChI=1S/C16H15ClO2S/c1-3-11-10-14(8-9-15(11)16(18)19-2)20-13-6-4-12(17)5-7-13/h4-10H,3H2,1-2H3. The first-order valence-corrected chi connectivity index (χ1v) is 7.48. The largest absolute Gasteiger partial charge is 0.465 e. The van der Waals surface area contributed by atoms with Gasteiger partial charge in [-0.2, -0.15) is 0 Å². The highest BCUT2D eigenvalue weighted by Crippen LogP contribution is 2.30. The van der Waals surface area contributed by atoms with E-state index in [1.165, 1.54) is 7.11 Å². The van der Waals surface area contributed by atoms with Gasteiger partial charge in [0, 0.05) is 14.8 Å². The van der Waals surface area contributed by atoms with E-state index in [1.54, 1.807) is 11.8 Å². The van der Waals surface area contributed by atoms with Crippen molar-refractivity contribution in [2.45, 2.75) is 23.1 Å².